The molecule has 0 radical (unpaired) electrons. The van der Waals surface area contributed by atoms with E-state index in [2.05, 4.69) is 10.1 Å². The summed E-state index contributed by atoms with van der Waals surface area (Å²) in [6.45, 7) is 3.07. The molecule has 0 bridgehead atoms. The number of aromatic nitrogens is 3. The average molecular weight is 391 g/mol. The molecule has 27 heavy (non-hydrogen) atoms. The van der Waals surface area contributed by atoms with Crippen molar-refractivity contribution in [3.8, 4) is 5.75 Å². The first kappa shape index (κ1) is 18.3. The first-order chi connectivity index (χ1) is 13.1. The van der Waals surface area contributed by atoms with Gasteiger partial charge in [0.25, 0.3) is 0 Å². The van der Waals surface area contributed by atoms with E-state index < -0.39 is 0 Å². The molecule has 0 atom stereocenters. The summed E-state index contributed by atoms with van der Waals surface area (Å²) in [5.74, 6) is 0.941. The van der Waals surface area contributed by atoms with Gasteiger partial charge in [0.15, 0.2) is 0 Å². The van der Waals surface area contributed by atoms with Gasteiger partial charge in [0.2, 0.25) is 5.91 Å². The van der Waals surface area contributed by atoms with Crippen LogP contribution in [0.5, 0.6) is 5.75 Å². The lowest BCUT2D eigenvalue weighted by molar-refractivity contribution is -0.136. The summed E-state index contributed by atoms with van der Waals surface area (Å²) in [6.07, 6.45) is 5.90. The van der Waals surface area contributed by atoms with Crippen LogP contribution < -0.4 is 4.74 Å². The van der Waals surface area contributed by atoms with Gasteiger partial charge >= 0.3 is 0 Å². The van der Waals surface area contributed by atoms with Crippen LogP contribution in [-0.2, 0) is 22.6 Å². The first-order valence-corrected chi connectivity index (χ1v) is 9.67. The maximum Gasteiger partial charge on any atom is 0.223 e. The number of halogens is 1. The molecule has 0 unspecified atom stereocenters. The SMILES string of the molecule is O=C(CCCn1cncn1)N1Cc2cc(Cl)ccc2OC2(CCOCC2)C1. The molecule has 7 nitrogen and oxygen atoms in total. The summed E-state index contributed by atoms with van der Waals surface area (Å²) in [4.78, 5) is 18.8. The highest BCUT2D eigenvalue weighted by molar-refractivity contribution is 6.30. The number of amides is 1. The maximum atomic E-state index is 13.0. The van der Waals surface area contributed by atoms with Crippen molar-refractivity contribution in [2.75, 3.05) is 19.8 Å². The molecule has 4 rings (SSSR count). The van der Waals surface area contributed by atoms with Gasteiger partial charge in [0, 0.05) is 42.9 Å². The molecular formula is C19H23ClN4O3. The number of nitrogens with zero attached hydrogens (tertiary/aromatic N) is 4. The summed E-state index contributed by atoms with van der Waals surface area (Å²) in [7, 11) is 0. The summed E-state index contributed by atoms with van der Waals surface area (Å²) in [5.41, 5.74) is 0.564. The van der Waals surface area contributed by atoms with Crippen LogP contribution in [0.4, 0.5) is 0 Å². The zero-order valence-corrected chi connectivity index (χ0v) is 15.9. The third-order valence-corrected chi connectivity index (χ3v) is 5.43. The van der Waals surface area contributed by atoms with E-state index in [4.69, 9.17) is 21.1 Å². The molecule has 0 aliphatic carbocycles. The van der Waals surface area contributed by atoms with Gasteiger partial charge in [-0.3, -0.25) is 9.48 Å². The van der Waals surface area contributed by atoms with E-state index in [0.717, 1.165) is 30.6 Å². The van der Waals surface area contributed by atoms with Crippen molar-refractivity contribution in [2.24, 2.45) is 0 Å². The Balaban J connectivity index is 1.50. The molecule has 3 heterocycles. The van der Waals surface area contributed by atoms with E-state index in [1.54, 1.807) is 11.0 Å². The minimum absolute atomic E-state index is 0.123. The van der Waals surface area contributed by atoms with Crippen molar-refractivity contribution < 1.29 is 14.3 Å². The molecule has 2 aliphatic heterocycles. The highest BCUT2D eigenvalue weighted by Gasteiger charge is 2.40. The fraction of sp³-hybridized carbons (Fsp3) is 0.526. The van der Waals surface area contributed by atoms with Gasteiger partial charge in [-0.15, -0.1) is 0 Å². The van der Waals surface area contributed by atoms with Crippen LogP contribution >= 0.6 is 11.6 Å². The number of aryl methyl sites for hydroxylation is 1. The molecule has 2 aromatic rings. The number of benzene rings is 1. The van der Waals surface area contributed by atoms with Gasteiger partial charge in [0.1, 0.15) is 24.0 Å². The second-order valence-corrected chi connectivity index (χ2v) is 7.60. The van der Waals surface area contributed by atoms with Gasteiger partial charge in [-0.1, -0.05) is 11.6 Å². The Labute approximate surface area is 163 Å². The van der Waals surface area contributed by atoms with E-state index in [1.807, 2.05) is 23.1 Å². The Morgan fingerprint density at radius 2 is 2.15 bits per heavy atom. The highest BCUT2D eigenvalue weighted by Crippen LogP contribution is 2.36. The van der Waals surface area contributed by atoms with Crippen LogP contribution in [0.3, 0.4) is 0 Å². The zero-order chi connectivity index (χ0) is 18.7. The van der Waals surface area contributed by atoms with Crippen LogP contribution in [0.25, 0.3) is 0 Å². The largest absolute Gasteiger partial charge is 0.485 e. The van der Waals surface area contributed by atoms with E-state index >= 15 is 0 Å². The number of rotatable bonds is 4. The van der Waals surface area contributed by atoms with E-state index in [9.17, 15) is 4.79 Å². The molecule has 1 saturated heterocycles. The quantitative estimate of drug-likeness (QED) is 0.802. The van der Waals surface area contributed by atoms with Crippen molar-refractivity contribution in [2.45, 2.75) is 44.4 Å². The van der Waals surface area contributed by atoms with Crippen LogP contribution in [0.15, 0.2) is 30.9 Å². The van der Waals surface area contributed by atoms with Crippen molar-refractivity contribution in [3.05, 3.63) is 41.4 Å². The van der Waals surface area contributed by atoms with Gasteiger partial charge < -0.3 is 14.4 Å². The van der Waals surface area contributed by atoms with E-state index in [0.29, 0.717) is 44.3 Å². The molecular weight excluding hydrogens is 368 g/mol. The van der Waals surface area contributed by atoms with Crippen molar-refractivity contribution in [3.63, 3.8) is 0 Å². The molecule has 1 aromatic carbocycles. The van der Waals surface area contributed by atoms with Gasteiger partial charge in [-0.2, -0.15) is 5.10 Å². The number of carbonyl (C=O) groups excluding carboxylic acids is 1. The van der Waals surface area contributed by atoms with Gasteiger partial charge in [0.05, 0.1) is 19.8 Å². The second kappa shape index (κ2) is 7.86. The summed E-state index contributed by atoms with van der Waals surface area (Å²) < 4.78 is 13.7. The Kier molecular flexibility index (Phi) is 5.31. The van der Waals surface area contributed by atoms with Crippen LogP contribution in [-0.4, -0.2) is 50.9 Å². The van der Waals surface area contributed by atoms with Crippen molar-refractivity contribution in [1.29, 1.82) is 0 Å². The monoisotopic (exact) mass is 390 g/mol. The predicted molar refractivity (Wildman–Crippen MR) is 99.5 cm³/mol. The van der Waals surface area contributed by atoms with Crippen molar-refractivity contribution in [1.82, 2.24) is 19.7 Å². The standard InChI is InChI=1S/C19H23ClN4O3/c20-16-3-4-17-15(10-16)11-23(12-19(27-17)5-8-26-9-6-19)18(25)2-1-7-24-14-21-13-22-24/h3-4,10,13-14H,1-2,5-9,11-12H2. The number of carbonyl (C=O) groups is 1. The topological polar surface area (TPSA) is 69.5 Å². The number of hydrogen-bond acceptors (Lipinski definition) is 5. The molecule has 144 valence electrons. The molecule has 0 N–H and O–H groups in total. The Morgan fingerprint density at radius 3 is 2.93 bits per heavy atom. The molecule has 8 heteroatoms. The van der Waals surface area contributed by atoms with Crippen molar-refractivity contribution >= 4 is 17.5 Å². The molecule has 0 saturated carbocycles. The highest BCUT2D eigenvalue weighted by atomic mass is 35.5. The fourth-order valence-corrected chi connectivity index (χ4v) is 3.92. The lowest BCUT2D eigenvalue weighted by Gasteiger charge is -2.39. The Hall–Kier alpha value is -2.12. The van der Waals surface area contributed by atoms with Crippen LogP contribution in [0.1, 0.15) is 31.2 Å². The molecule has 1 fully saturated rings. The second-order valence-electron chi connectivity index (χ2n) is 7.16. The van der Waals surface area contributed by atoms with Gasteiger partial charge in [-0.05, 0) is 24.6 Å². The van der Waals surface area contributed by atoms with E-state index in [1.165, 1.54) is 6.33 Å². The molecule has 2 aliphatic rings. The maximum absolute atomic E-state index is 13.0. The minimum atomic E-state index is -0.390. The predicted octanol–water partition coefficient (Wildman–Crippen LogP) is 2.68. The third-order valence-electron chi connectivity index (χ3n) is 5.19. The fourth-order valence-electron chi connectivity index (χ4n) is 3.72. The summed E-state index contributed by atoms with van der Waals surface area (Å²) in [5, 5.41) is 4.73. The van der Waals surface area contributed by atoms with Gasteiger partial charge in [-0.25, -0.2) is 4.98 Å². The zero-order valence-electron chi connectivity index (χ0n) is 15.1. The smallest absolute Gasteiger partial charge is 0.223 e. The normalized spacial score (nSPS) is 18.6. The number of hydrogen-bond donors (Lipinski definition) is 0. The van der Waals surface area contributed by atoms with E-state index in [-0.39, 0.29) is 11.5 Å². The first-order valence-electron chi connectivity index (χ1n) is 9.29. The lowest BCUT2D eigenvalue weighted by atomic mass is 9.93. The number of ether oxygens (including phenoxy) is 2. The number of fused-ring (bicyclic) bond motifs is 1. The Bertz CT molecular complexity index is 790. The molecule has 1 aromatic heterocycles. The van der Waals surface area contributed by atoms with Crippen LogP contribution in [0, 0.1) is 0 Å². The average Bonchev–Trinajstić information content (AvgIpc) is 3.12. The van der Waals surface area contributed by atoms with Crippen LogP contribution in [0.2, 0.25) is 5.02 Å². The lowest BCUT2D eigenvalue weighted by Crippen LogP contribution is -2.50. The summed E-state index contributed by atoms with van der Waals surface area (Å²) in [6, 6.07) is 5.64. The Morgan fingerprint density at radius 1 is 1.30 bits per heavy atom. The minimum Gasteiger partial charge on any atom is -0.485 e. The summed E-state index contributed by atoms with van der Waals surface area (Å²) >= 11 is 6.18. The third kappa shape index (κ3) is 4.25. The molecule has 1 amide bonds. The molecule has 1 spiro atoms.